The topological polar surface area (TPSA) is 99.1 Å². The van der Waals surface area contributed by atoms with Crippen LogP contribution < -0.4 is 0 Å². The molecule has 2 aromatic heterocycles. The van der Waals surface area contributed by atoms with E-state index in [9.17, 15) is 22.8 Å². The summed E-state index contributed by atoms with van der Waals surface area (Å²) < 4.78 is 48.1. The molecule has 0 unspecified atom stereocenters. The van der Waals surface area contributed by atoms with Gasteiger partial charge in [0.05, 0.1) is 37.4 Å². The van der Waals surface area contributed by atoms with Crippen LogP contribution in [-0.4, -0.2) is 46.1 Å². The molecule has 1 aromatic carbocycles. The molecule has 11 heteroatoms. The Morgan fingerprint density at radius 2 is 1.59 bits per heavy atom. The molecule has 0 fully saturated rings. The van der Waals surface area contributed by atoms with Crippen LogP contribution in [0.25, 0.3) is 5.69 Å². The summed E-state index contributed by atoms with van der Waals surface area (Å²) >= 11 is 0. The molecular weight excluding hydrogens is 429 g/mol. The number of esters is 2. The Kier molecular flexibility index (Phi) is 8.16. The van der Waals surface area contributed by atoms with Gasteiger partial charge >= 0.3 is 18.1 Å². The highest BCUT2D eigenvalue weighted by Gasteiger charge is 2.30. The molecule has 2 heterocycles. The molecule has 0 aliphatic carbocycles. The highest BCUT2D eigenvalue weighted by atomic mass is 19.4. The minimum absolute atomic E-state index is 0.305. The summed E-state index contributed by atoms with van der Waals surface area (Å²) in [5, 5.41) is 10.7. The highest BCUT2D eigenvalue weighted by molar-refractivity contribution is 5.90. The third-order valence-electron chi connectivity index (χ3n) is 4.47. The van der Waals surface area contributed by atoms with Crippen LogP contribution in [0, 0.1) is 0 Å². The second-order valence-corrected chi connectivity index (χ2v) is 6.43. The maximum absolute atomic E-state index is 12.5. The zero-order valence-corrected chi connectivity index (χ0v) is 18.0. The van der Waals surface area contributed by atoms with Crippen LogP contribution in [0.2, 0.25) is 0 Å². The summed E-state index contributed by atoms with van der Waals surface area (Å²) in [5.41, 5.74) is 1.88. The van der Waals surface area contributed by atoms with Crippen molar-refractivity contribution in [2.75, 3.05) is 14.2 Å². The van der Waals surface area contributed by atoms with E-state index in [4.69, 9.17) is 0 Å². The first-order valence-electron chi connectivity index (χ1n) is 9.61. The van der Waals surface area contributed by atoms with Gasteiger partial charge in [0.2, 0.25) is 0 Å². The average Bonchev–Trinajstić information content (AvgIpc) is 3.45. The zero-order valence-electron chi connectivity index (χ0n) is 18.0. The van der Waals surface area contributed by atoms with E-state index in [1.807, 2.05) is 13.8 Å². The molecule has 172 valence electrons. The van der Waals surface area contributed by atoms with E-state index in [0.29, 0.717) is 28.9 Å². The molecule has 32 heavy (non-hydrogen) atoms. The van der Waals surface area contributed by atoms with Crippen molar-refractivity contribution in [3.05, 3.63) is 64.7 Å². The maximum Gasteiger partial charge on any atom is 0.416 e. The normalized spacial score (nSPS) is 10.8. The molecule has 0 spiro atoms. The van der Waals surface area contributed by atoms with Gasteiger partial charge in [-0.15, -0.1) is 0 Å². The summed E-state index contributed by atoms with van der Waals surface area (Å²) in [4.78, 5) is 22.6. The fourth-order valence-electron chi connectivity index (χ4n) is 2.75. The predicted molar refractivity (Wildman–Crippen MR) is 109 cm³/mol. The van der Waals surface area contributed by atoms with Gasteiger partial charge in [-0.05, 0) is 37.1 Å². The molecule has 0 saturated heterocycles. The Morgan fingerprint density at radius 3 is 2.09 bits per heavy atom. The van der Waals surface area contributed by atoms with Gasteiger partial charge < -0.3 is 9.47 Å². The van der Waals surface area contributed by atoms with Crippen LogP contribution in [0.15, 0.2) is 36.7 Å². The smallest absolute Gasteiger partial charge is 0.416 e. The average molecular weight is 452 g/mol. The lowest BCUT2D eigenvalue weighted by molar-refractivity contribution is -0.137. The highest BCUT2D eigenvalue weighted by Crippen LogP contribution is 2.29. The molecule has 0 atom stereocenters. The van der Waals surface area contributed by atoms with E-state index in [1.165, 1.54) is 43.4 Å². The fourth-order valence-corrected chi connectivity index (χ4v) is 2.75. The molecule has 3 rings (SSSR count). The third kappa shape index (κ3) is 5.74. The molecule has 1 N–H and O–H groups in total. The third-order valence-corrected chi connectivity index (χ3v) is 4.47. The number of carbonyl (C=O) groups excluding carboxylic acids is 2. The van der Waals surface area contributed by atoms with Crippen molar-refractivity contribution in [1.82, 2.24) is 20.0 Å². The fraction of sp³-hybridized carbons (Fsp3) is 0.333. The van der Waals surface area contributed by atoms with Gasteiger partial charge in [-0.25, -0.2) is 14.3 Å². The Hall–Kier alpha value is -3.63. The monoisotopic (exact) mass is 452 g/mol. The molecule has 0 aliphatic heterocycles. The number of H-pyrrole nitrogens is 1. The summed E-state index contributed by atoms with van der Waals surface area (Å²) in [6.45, 7) is 3.77. The van der Waals surface area contributed by atoms with Gasteiger partial charge in [0.25, 0.3) is 0 Å². The molecular formula is C21H23F3N4O4. The number of alkyl halides is 3. The molecule has 8 nitrogen and oxygen atoms in total. The quantitative estimate of drug-likeness (QED) is 0.588. The standard InChI is InChI=1S/C14H13F3N2O2.C7H10N2O2/c1-3-12-11(13(20)21-2)8-19(18-12)10-6-4-9(5-7-10)14(15,16)17;1-3-6-5(4-8-9-6)7(10)11-2/h4-8H,3H2,1-2H3;4H,3H2,1-2H3,(H,8,9). The first-order chi connectivity index (χ1) is 15.2. The van der Waals surface area contributed by atoms with E-state index in [-0.39, 0.29) is 5.97 Å². The van der Waals surface area contributed by atoms with Crippen LogP contribution in [0.5, 0.6) is 0 Å². The van der Waals surface area contributed by atoms with E-state index in [0.717, 1.165) is 24.2 Å². The summed E-state index contributed by atoms with van der Waals surface area (Å²) in [7, 11) is 2.62. The second-order valence-electron chi connectivity index (χ2n) is 6.43. The molecule has 0 bridgehead atoms. The lowest BCUT2D eigenvalue weighted by atomic mass is 10.2. The summed E-state index contributed by atoms with van der Waals surface area (Å²) in [6.07, 6.45) is -0.186. The molecule has 0 radical (unpaired) electrons. The van der Waals surface area contributed by atoms with Crippen molar-refractivity contribution in [3.8, 4) is 5.69 Å². The number of hydrogen-bond donors (Lipinski definition) is 1. The lowest BCUT2D eigenvalue weighted by Crippen LogP contribution is -2.05. The Bertz CT molecular complexity index is 1060. The number of aromatic nitrogens is 4. The SMILES string of the molecule is CCc1[nH]ncc1C(=O)OC.CCc1nn(-c2ccc(C(F)(F)F)cc2)cc1C(=O)OC. The lowest BCUT2D eigenvalue weighted by Gasteiger charge is -2.07. The van der Waals surface area contributed by atoms with E-state index in [2.05, 4.69) is 24.8 Å². The number of aromatic amines is 1. The minimum atomic E-state index is -4.38. The van der Waals surface area contributed by atoms with Crippen molar-refractivity contribution in [2.24, 2.45) is 0 Å². The van der Waals surface area contributed by atoms with Crippen LogP contribution in [0.3, 0.4) is 0 Å². The van der Waals surface area contributed by atoms with Crippen LogP contribution in [-0.2, 0) is 28.5 Å². The van der Waals surface area contributed by atoms with E-state index >= 15 is 0 Å². The number of rotatable bonds is 5. The van der Waals surface area contributed by atoms with Crippen molar-refractivity contribution in [1.29, 1.82) is 0 Å². The van der Waals surface area contributed by atoms with E-state index < -0.39 is 17.7 Å². The van der Waals surface area contributed by atoms with Gasteiger partial charge in [0.15, 0.2) is 0 Å². The van der Waals surface area contributed by atoms with Crippen molar-refractivity contribution in [3.63, 3.8) is 0 Å². The van der Waals surface area contributed by atoms with Gasteiger partial charge in [-0.3, -0.25) is 5.10 Å². The maximum atomic E-state index is 12.5. The van der Waals surface area contributed by atoms with Crippen LogP contribution >= 0.6 is 0 Å². The summed E-state index contributed by atoms with van der Waals surface area (Å²) in [6, 6.07) is 4.55. The van der Waals surface area contributed by atoms with Gasteiger partial charge in [0.1, 0.15) is 11.1 Å². The summed E-state index contributed by atoms with van der Waals surface area (Å²) in [5.74, 6) is -0.861. The number of benzene rings is 1. The number of halogens is 3. The Labute approximate surface area is 182 Å². The number of methoxy groups -OCH3 is 2. The van der Waals surface area contributed by atoms with Crippen molar-refractivity contribution < 1.29 is 32.2 Å². The van der Waals surface area contributed by atoms with Crippen LogP contribution in [0.1, 0.15) is 51.5 Å². The zero-order chi connectivity index (χ0) is 23.9. The van der Waals surface area contributed by atoms with Gasteiger partial charge in [-0.1, -0.05) is 13.8 Å². The van der Waals surface area contributed by atoms with Crippen LogP contribution in [0.4, 0.5) is 13.2 Å². The number of ether oxygens (including phenoxy) is 2. The molecule has 0 amide bonds. The number of carbonyl (C=O) groups is 2. The minimum Gasteiger partial charge on any atom is -0.465 e. The Balaban J connectivity index is 0.000000278. The number of nitrogens with zero attached hydrogens (tertiary/aromatic N) is 3. The first kappa shape index (κ1) is 24.6. The number of nitrogens with one attached hydrogen (secondary N) is 1. The first-order valence-corrected chi connectivity index (χ1v) is 9.61. The van der Waals surface area contributed by atoms with Gasteiger partial charge in [-0.2, -0.15) is 23.4 Å². The molecule has 0 saturated carbocycles. The van der Waals surface area contributed by atoms with Crippen molar-refractivity contribution in [2.45, 2.75) is 32.9 Å². The number of aryl methyl sites for hydroxylation is 2. The Morgan fingerprint density at radius 1 is 1.00 bits per heavy atom. The second kappa shape index (κ2) is 10.6. The largest absolute Gasteiger partial charge is 0.465 e. The molecule has 3 aromatic rings. The van der Waals surface area contributed by atoms with Crippen molar-refractivity contribution >= 4 is 11.9 Å². The van der Waals surface area contributed by atoms with Gasteiger partial charge in [0, 0.05) is 11.9 Å². The molecule has 0 aliphatic rings. The number of hydrogen-bond acceptors (Lipinski definition) is 6. The predicted octanol–water partition coefficient (Wildman–Crippen LogP) is 4.00. The van der Waals surface area contributed by atoms with E-state index in [1.54, 1.807) is 0 Å².